The molecule has 0 saturated carbocycles. The van der Waals surface area contributed by atoms with Gasteiger partial charge in [-0.15, -0.1) is 11.6 Å². The van der Waals surface area contributed by atoms with E-state index in [1.165, 1.54) is 24.3 Å². The number of nitrogens with zero attached hydrogens (tertiary/aromatic N) is 1. The minimum absolute atomic E-state index is 0.0225. The van der Waals surface area contributed by atoms with E-state index in [1.54, 1.807) is 0 Å². The predicted molar refractivity (Wildman–Crippen MR) is 79.2 cm³/mol. The average Bonchev–Trinajstić information content (AvgIpc) is 2.43. The topological polar surface area (TPSA) is 72.2 Å². The maximum Gasteiger partial charge on any atom is 0.269 e. The first-order valence-corrected chi connectivity index (χ1v) is 6.98. The second-order valence-electron chi connectivity index (χ2n) is 5.44. The fourth-order valence-electron chi connectivity index (χ4n) is 1.79. The summed E-state index contributed by atoms with van der Waals surface area (Å²) < 4.78 is 0. The molecule has 0 aromatic heterocycles. The Bertz CT molecular complexity index is 472. The normalized spacial score (nSPS) is 11.2. The second-order valence-corrected chi connectivity index (χ2v) is 5.82. The third-order valence-electron chi connectivity index (χ3n) is 3.05. The maximum absolute atomic E-state index is 11.9. The van der Waals surface area contributed by atoms with E-state index in [4.69, 9.17) is 11.6 Å². The average molecular weight is 299 g/mol. The van der Waals surface area contributed by atoms with E-state index in [1.807, 2.05) is 0 Å². The van der Waals surface area contributed by atoms with Gasteiger partial charge in [0.1, 0.15) is 0 Å². The molecule has 0 spiro atoms. The van der Waals surface area contributed by atoms with Crippen LogP contribution >= 0.6 is 11.6 Å². The molecule has 0 heterocycles. The van der Waals surface area contributed by atoms with E-state index in [2.05, 4.69) is 19.2 Å². The van der Waals surface area contributed by atoms with Gasteiger partial charge in [0.05, 0.1) is 4.92 Å². The molecule has 0 aliphatic heterocycles. The van der Waals surface area contributed by atoms with Crippen LogP contribution in [0.3, 0.4) is 0 Å². The van der Waals surface area contributed by atoms with E-state index < -0.39 is 4.92 Å². The molecule has 0 bridgehead atoms. The maximum atomic E-state index is 11.9. The van der Waals surface area contributed by atoms with Crippen molar-refractivity contribution in [2.45, 2.75) is 26.7 Å². The Balaban J connectivity index is 2.56. The van der Waals surface area contributed by atoms with Crippen LogP contribution in [0.25, 0.3) is 0 Å². The first-order chi connectivity index (χ1) is 9.35. The lowest BCUT2D eigenvalue weighted by molar-refractivity contribution is -0.384. The van der Waals surface area contributed by atoms with Crippen LogP contribution in [0.1, 0.15) is 37.0 Å². The Labute approximate surface area is 123 Å². The van der Waals surface area contributed by atoms with Gasteiger partial charge in [-0.1, -0.05) is 13.8 Å². The number of alkyl halides is 1. The van der Waals surface area contributed by atoms with Gasteiger partial charge in [-0.25, -0.2) is 0 Å². The minimum atomic E-state index is -0.489. The number of hydrogen-bond donors (Lipinski definition) is 1. The number of benzene rings is 1. The van der Waals surface area contributed by atoms with Gasteiger partial charge in [0.2, 0.25) is 0 Å². The van der Waals surface area contributed by atoms with Gasteiger partial charge in [-0.05, 0) is 30.4 Å². The minimum Gasteiger partial charge on any atom is -0.352 e. The fourth-order valence-corrected chi connectivity index (χ4v) is 1.92. The summed E-state index contributed by atoms with van der Waals surface area (Å²) >= 11 is 5.66. The quantitative estimate of drug-likeness (QED) is 0.476. The lowest BCUT2D eigenvalue weighted by Crippen LogP contribution is -2.34. The summed E-state index contributed by atoms with van der Waals surface area (Å²) in [6, 6.07) is 5.57. The lowest BCUT2D eigenvalue weighted by Gasteiger charge is -2.24. The highest BCUT2D eigenvalue weighted by Crippen LogP contribution is 2.21. The summed E-state index contributed by atoms with van der Waals surface area (Å²) in [5.41, 5.74) is 0.374. The van der Waals surface area contributed by atoms with Gasteiger partial charge >= 0.3 is 0 Å². The first kappa shape index (κ1) is 16.4. The Morgan fingerprint density at radius 3 is 2.45 bits per heavy atom. The van der Waals surface area contributed by atoms with Crippen LogP contribution in [0.4, 0.5) is 5.69 Å². The van der Waals surface area contributed by atoms with Crippen molar-refractivity contribution in [2.24, 2.45) is 5.41 Å². The zero-order chi connectivity index (χ0) is 15.2. The lowest BCUT2D eigenvalue weighted by atomic mass is 9.88. The third-order valence-corrected chi connectivity index (χ3v) is 3.32. The standard InChI is InChI=1S/C14H19ClN2O3/c1-14(2,8-3-9-15)10-16-13(18)11-4-6-12(7-5-11)17(19)20/h4-7H,3,8-10H2,1-2H3,(H,16,18). The molecule has 1 aromatic rings. The largest absolute Gasteiger partial charge is 0.352 e. The molecule has 6 heteroatoms. The number of hydrogen-bond acceptors (Lipinski definition) is 3. The highest BCUT2D eigenvalue weighted by Gasteiger charge is 2.19. The zero-order valence-corrected chi connectivity index (χ0v) is 12.4. The van der Waals surface area contributed by atoms with Gasteiger partial charge in [0.25, 0.3) is 11.6 Å². The number of carbonyl (C=O) groups is 1. The van der Waals surface area contributed by atoms with Gasteiger partial charge in [0, 0.05) is 30.1 Å². The summed E-state index contributed by atoms with van der Waals surface area (Å²) in [5, 5.41) is 13.4. The van der Waals surface area contributed by atoms with Crippen LogP contribution in [-0.4, -0.2) is 23.3 Å². The Kier molecular flexibility index (Phi) is 5.95. The first-order valence-electron chi connectivity index (χ1n) is 6.44. The molecule has 1 N–H and O–H groups in total. The van der Waals surface area contributed by atoms with E-state index in [0.717, 1.165) is 12.8 Å². The number of rotatable bonds is 7. The number of nitrogens with one attached hydrogen (secondary N) is 1. The van der Waals surface area contributed by atoms with Gasteiger partial charge in [-0.2, -0.15) is 0 Å². The van der Waals surface area contributed by atoms with Crippen molar-refractivity contribution in [2.75, 3.05) is 12.4 Å². The molecule has 0 unspecified atom stereocenters. The number of halogens is 1. The van der Waals surface area contributed by atoms with Gasteiger partial charge in [-0.3, -0.25) is 14.9 Å². The van der Waals surface area contributed by atoms with Crippen molar-refractivity contribution >= 4 is 23.2 Å². The van der Waals surface area contributed by atoms with E-state index >= 15 is 0 Å². The van der Waals surface area contributed by atoms with Crippen LogP contribution in [0, 0.1) is 15.5 Å². The SMILES string of the molecule is CC(C)(CCCCl)CNC(=O)c1ccc([N+](=O)[O-])cc1. The molecule has 110 valence electrons. The molecule has 1 aromatic carbocycles. The second kappa shape index (κ2) is 7.24. The summed E-state index contributed by atoms with van der Waals surface area (Å²) in [4.78, 5) is 22.0. The number of carbonyl (C=O) groups excluding carboxylic acids is 1. The van der Waals surface area contributed by atoms with E-state index in [-0.39, 0.29) is 17.0 Å². The van der Waals surface area contributed by atoms with Gasteiger partial charge in [0.15, 0.2) is 0 Å². The molecule has 0 fully saturated rings. The van der Waals surface area contributed by atoms with Crippen LogP contribution in [0.15, 0.2) is 24.3 Å². The van der Waals surface area contributed by atoms with Crippen LogP contribution < -0.4 is 5.32 Å². The molecular weight excluding hydrogens is 280 g/mol. The van der Waals surface area contributed by atoms with E-state index in [0.29, 0.717) is 18.0 Å². The van der Waals surface area contributed by atoms with Crippen molar-refractivity contribution in [3.05, 3.63) is 39.9 Å². The Morgan fingerprint density at radius 2 is 1.95 bits per heavy atom. The molecule has 1 rings (SSSR count). The highest BCUT2D eigenvalue weighted by atomic mass is 35.5. The molecule has 1 amide bonds. The van der Waals surface area contributed by atoms with Crippen molar-refractivity contribution in [3.63, 3.8) is 0 Å². The predicted octanol–water partition coefficient (Wildman–Crippen LogP) is 3.37. The molecular formula is C14H19ClN2O3. The van der Waals surface area contributed by atoms with Crippen LogP contribution in [0.5, 0.6) is 0 Å². The zero-order valence-electron chi connectivity index (χ0n) is 11.7. The Morgan fingerprint density at radius 1 is 1.35 bits per heavy atom. The number of amides is 1. The van der Waals surface area contributed by atoms with Crippen molar-refractivity contribution < 1.29 is 9.72 Å². The molecule has 0 aliphatic rings. The molecule has 5 nitrogen and oxygen atoms in total. The molecule has 0 saturated heterocycles. The Hall–Kier alpha value is -1.62. The van der Waals surface area contributed by atoms with E-state index in [9.17, 15) is 14.9 Å². The van der Waals surface area contributed by atoms with Gasteiger partial charge < -0.3 is 5.32 Å². The number of nitro groups is 1. The fraction of sp³-hybridized carbons (Fsp3) is 0.500. The van der Waals surface area contributed by atoms with Crippen LogP contribution in [-0.2, 0) is 0 Å². The monoisotopic (exact) mass is 298 g/mol. The summed E-state index contributed by atoms with van der Waals surface area (Å²) in [6.07, 6.45) is 1.83. The summed E-state index contributed by atoms with van der Waals surface area (Å²) in [5.74, 6) is 0.388. The number of non-ortho nitro benzene ring substituents is 1. The van der Waals surface area contributed by atoms with Crippen molar-refractivity contribution in [1.82, 2.24) is 5.32 Å². The van der Waals surface area contributed by atoms with Crippen molar-refractivity contribution in [1.29, 1.82) is 0 Å². The third kappa shape index (κ3) is 5.17. The van der Waals surface area contributed by atoms with Crippen LogP contribution in [0.2, 0.25) is 0 Å². The summed E-state index contributed by atoms with van der Waals surface area (Å²) in [6.45, 7) is 4.67. The molecule has 0 atom stereocenters. The molecule has 20 heavy (non-hydrogen) atoms. The number of nitro benzene ring substituents is 1. The highest BCUT2D eigenvalue weighted by molar-refractivity contribution is 6.17. The molecule has 0 radical (unpaired) electrons. The van der Waals surface area contributed by atoms with Crippen molar-refractivity contribution in [3.8, 4) is 0 Å². The summed E-state index contributed by atoms with van der Waals surface area (Å²) in [7, 11) is 0. The smallest absolute Gasteiger partial charge is 0.269 e. The molecule has 0 aliphatic carbocycles.